The Bertz CT molecular complexity index is 754. The van der Waals surface area contributed by atoms with E-state index in [-0.39, 0.29) is 5.91 Å². The average Bonchev–Trinajstić information content (AvgIpc) is 3.35. The van der Waals surface area contributed by atoms with Crippen LogP contribution in [0, 0.1) is 5.92 Å². The highest BCUT2D eigenvalue weighted by atomic mass is 32.1. The summed E-state index contributed by atoms with van der Waals surface area (Å²) < 4.78 is 5.40. The predicted molar refractivity (Wildman–Crippen MR) is 109 cm³/mol. The second-order valence-corrected chi connectivity index (χ2v) is 8.89. The molecule has 152 valence electrons. The summed E-state index contributed by atoms with van der Waals surface area (Å²) >= 11 is 1.62. The Labute approximate surface area is 170 Å². The van der Waals surface area contributed by atoms with Gasteiger partial charge in [0.1, 0.15) is 0 Å². The number of carbonyl (C=O) groups excluding carboxylic acids is 1. The Balaban J connectivity index is 1.19. The Morgan fingerprint density at radius 1 is 1.29 bits per heavy atom. The van der Waals surface area contributed by atoms with Crippen molar-refractivity contribution in [2.24, 2.45) is 5.92 Å². The van der Waals surface area contributed by atoms with Crippen LogP contribution in [0.25, 0.3) is 11.4 Å². The van der Waals surface area contributed by atoms with Gasteiger partial charge in [-0.3, -0.25) is 14.6 Å². The molecule has 2 unspecified atom stereocenters. The van der Waals surface area contributed by atoms with E-state index in [1.807, 2.05) is 16.8 Å². The van der Waals surface area contributed by atoms with Crippen molar-refractivity contribution in [2.45, 2.75) is 45.2 Å². The molecule has 7 nitrogen and oxygen atoms in total. The zero-order valence-electron chi connectivity index (χ0n) is 16.5. The van der Waals surface area contributed by atoms with Gasteiger partial charge >= 0.3 is 0 Å². The van der Waals surface area contributed by atoms with Gasteiger partial charge in [0.2, 0.25) is 17.6 Å². The lowest BCUT2D eigenvalue weighted by Crippen LogP contribution is -2.50. The summed E-state index contributed by atoms with van der Waals surface area (Å²) in [5.74, 6) is 2.21. The minimum absolute atomic E-state index is 0.171. The van der Waals surface area contributed by atoms with Gasteiger partial charge in [-0.15, -0.1) is 0 Å². The van der Waals surface area contributed by atoms with Crippen LogP contribution in [0.3, 0.4) is 0 Å². The van der Waals surface area contributed by atoms with E-state index in [4.69, 9.17) is 4.52 Å². The van der Waals surface area contributed by atoms with Crippen LogP contribution in [0.5, 0.6) is 0 Å². The Morgan fingerprint density at radius 3 is 2.86 bits per heavy atom. The summed E-state index contributed by atoms with van der Waals surface area (Å²) in [4.78, 5) is 21.4. The first kappa shape index (κ1) is 19.5. The molecule has 1 aliphatic carbocycles. The largest absolute Gasteiger partial charge is 0.352 e. The number of nitrogens with one attached hydrogen (secondary N) is 1. The Kier molecular flexibility index (Phi) is 6.39. The maximum absolute atomic E-state index is 12.4. The average molecular weight is 404 g/mol. The Morgan fingerprint density at radius 2 is 2.11 bits per heavy atom. The molecule has 0 spiro atoms. The lowest BCUT2D eigenvalue weighted by Gasteiger charge is -2.34. The number of thiophene rings is 1. The minimum atomic E-state index is 0.171. The number of hydrogen-bond acceptors (Lipinski definition) is 7. The first-order valence-corrected chi connectivity index (χ1v) is 11.2. The number of amides is 1. The van der Waals surface area contributed by atoms with Gasteiger partial charge in [-0.2, -0.15) is 16.3 Å². The lowest BCUT2D eigenvalue weighted by atomic mass is 9.87. The molecule has 28 heavy (non-hydrogen) atoms. The van der Waals surface area contributed by atoms with Crippen molar-refractivity contribution in [2.75, 3.05) is 32.7 Å². The minimum Gasteiger partial charge on any atom is -0.352 e. The molecule has 3 heterocycles. The summed E-state index contributed by atoms with van der Waals surface area (Å²) in [6.07, 6.45) is 4.77. The summed E-state index contributed by atoms with van der Waals surface area (Å²) in [6.45, 7) is 7.04. The van der Waals surface area contributed by atoms with Crippen LogP contribution in [0.15, 0.2) is 21.3 Å². The normalized spacial score (nSPS) is 24.3. The maximum atomic E-state index is 12.4. The molecule has 2 atom stereocenters. The van der Waals surface area contributed by atoms with E-state index in [1.54, 1.807) is 11.3 Å². The quantitative estimate of drug-likeness (QED) is 0.799. The van der Waals surface area contributed by atoms with Crippen LogP contribution in [0.1, 0.15) is 38.5 Å². The van der Waals surface area contributed by atoms with Crippen molar-refractivity contribution in [3.8, 4) is 11.4 Å². The van der Waals surface area contributed by atoms with Crippen molar-refractivity contribution in [1.82, 2.24) is 25.3 Å². The highest BCUT2D eigenvalue weighted by molar-refractivity contribution is 7.08. The third-order valence-electron chi connectivity index (χ3n) is 5.74. The second kappa shape index (κ2) is 9.15. The van der Waals surface area contributed by atoms with E-state index < -0.39 is 0 Å². The molecule has 2 aliphatic rings. The zero-order chi connectivity index (χ0) is 19.3. The second-order valence-electron chi connectivity index (χ2n) is 8.11. The molecule has 1 N–H and O–H groups in total. The van der Waals surface area contributed by atoms with E-state index in [1.165, 1.54) is 12.8 Å². The fourth-order valence-corrected chi connectivity index (χ4v) is 4.80. The highest BCUT2D eigenvalue weighted by Crippen LogP contribution is 2.23. The van der Waals surface area contributed by atoms with E-state index in [9.17, 15) is 4.79 Å². The molecule has 2 aromatic rings. The first-order valence-electron chi connectivity index (χ1n) is 10.2. The number of piperazine rings is 1. The summed E-state index contributed by atoms with van der Waals surface area (Å²) in [5, 5.41) is 11.3. The standard InChI is InChI=1S/C20H29N5O2S/c1-15-3-2-4-17(11-15)21-18(26)12-24-6-8-25(9-7-24)13-19-22-20(23-27-19)16-5-10-28-14-16/h5,10,14-15,17H,2-4,6-9,11-13H2,1H3,(H,21,26). The van der Waals surface area contributed by atoms with Gasteiger partial charge in [-0.25, -0.2) is 0 Å². The predicted octanol–water partition coefficient (Wildman–Crippen LogP) is 2.61. The van der Waals surface area contributed by atoms with E-state index >= 15 is 0 Å². The van der Waals surface area contributed by atoms with Gasteiger partial charge in [0.15, 0.2) is 0 Å². The summed E-state index contributed by atoms with van der Waals surface area (Å²) in [7, 11) is 0. The lowest BCUT2D eigenvalue weighted by molar-refractivity contribution is -0.123. The fourth-order valence-electron chi connectivity index (χ4n) is 4.17. The van der Waals surface area contributed by atoms with Crippen molar-refractivity contribution < 1.29 is 9.32 Å². The molecule has 2 fully saturated rings. The molecule has 0 bridgehead atoms. The van der Waals surface area contributed by atoms with Crippen molar-refractivity contribution in [1.29, 1.82) is 0 Å². The van der Waals surface area contributed by atoms with Crippen LogP contribution in [0.2, 0.25) is 0 Å². The molecule has 1 saturated heterocycles. The van der Waals surface area contributed by atoms with E-state index in [2.05, 4.69) is 32.2 Å². The van der Waals surface area contributed by atoms with Gasteiger partial charge < -0.3 is 9.84 Å². The van der Waals surface area contributed by atoms with Gasteiger partial charge in [-0.1, -0.05) is 24.9 Å². The molecule has 1 saturated carbocycles. The van der Waals surface area contributed by atoms with Gasteiger partial charge in [0.05, 0.1) is 13.1 Å². The molecule has 1 amide bonds. The van der Waals surface area contributed by atoms with Crippen molar-refractivity contribution >= 4 is 17.2 Å². The molecular formula is C20H29N5O2S. The number of carbonyl (C=O) groups is 1. The zero-order valence-corrected chi connectivity index (χ0v) is 17.3. The van der Waals surface area contributed by atoms with Crippen LogP contribution < -0.4 is 5.32 Å². The first-order chi connectivity index (χ1) is 13.7. The number of rotatable bonds is 6. The van der Waals surface area contributed by atoms with Crippen LogP contribution in [0.4, 0.5) is 0 Å². The molecule has 2 aromatic heterocycles. The van der Waals surface area contributed by atoms with Crippen molar-refractivity contribution in [3.05, 3.63) is 22.7 Å². The van der Waals surface area contributed by atoms with Crippen LogP contribution >= 0.6 is 11.3 Å². The molecule has 8 heteroatoms. The fraction of sp³-hybridized carbons (Fsp3) is 0.650. The van der Waals surface area contributed by atoms with E-state index in [0.717, 1.165) is 50.5 Å². The van der Waals surface area contributed by atoms with Gasteiger partial charge in [-0.05, 0) is 30.2 Å². The summed E-state index contributed by atoms with van der Waals surface area (Å²) in [6, 6.07) is 2.37. The van der Waals surface area contributed by atoms with Gasteiger partial charge in [0.25, 0.3) is 0 Å². The Hall–Kier alpha value is -1.77. The molecule has 0 aromatic carbocycles. The molecular weight excluding hydrogens is 374 g/mol. The molecule has 0 radical (unpaired) electrons. The molecule has 1 aliphatic heterocycles. The third-order valence-corrected chi connectivity index (χ3v) is 6.42. The smallest absolute Gasteiger partial charge is 0.241 e. The molecule has 4 rings (SSSR count). The maximum Gasteiger partial charge on any atom is 0.241 e. The topological polar surface area (TPSA) is 74.5 Å². The van der Waals surface area contributed by atoms with E-state index in [0.29, 0.717) is 30.8 Å². The summed E-state index contributed by atoms with van der Waals surface area (Å²) in [5.41, 5.74) is 1.00. The number of nitrogens with zero attached hydrogens (tertiary/aromatic N) is 4. The van der Waals surface area contributed by atoms with Crippen LogP contribution in [-0.2, 0) is 11.3 Å². The highest BCUT2D eigenvalue weighted by Gasteiger charge is 2.24. The van der Waals surface area contributed by atoms with Crippen LogP contribution in [-0.4, -0.2) is 64.6 Å². The van der Waals surface area contributed by atoms with Crippen molar-refractivity contribution in [3.63, 3.8) is 0 Å². The van der Waals surface area contributed by atoms with Gasteiger partial charge in [0, 0.05) is 43.2 Å². The third kappa shape index (κ3) is 5.18. The number of aromatic nitrogens is 2. The number of hydrogen-bond donors (Lipinski definition) is 1. The monoisotopic (exact) mass is 403 g/mol. The SMILES string of the molecule is CC1CCCC(NC(=O)CN2CCN(Cc3nc(-c4ccsc4)no3)CC2)C1.